The number of nitrogens with zero attached hydrogens (tertiary/aromatic N) is 1. The maximum atomic E-state index is 12.6. The number of anilines is 2. The highest BCUT2D eigenvalue weighted by atomic mass is 32.2. The summed E-state index contributed by atoms with van der Waals surface area (Å²) in [6.45, 7) is 4.48. The predicted octanol–water partition coefficient (Wildman–Crippen LogP) is 3.40. The van der Waals surface area contributed by atoms with Crippen LogP contribution in [0.25, 0.3) is 0 Å². The van der Waals surface area contributed by atoms with Crippen molar-refractivity contribution in [2.45, 2.75) is 37.7 Å². The molecule has 0 atom stereocenters. The lowest BCUT2D eigenvalue weighted by Crippen LogP contribution is -2.23. The topological polar surface area (TPSA) is 75.7 Å². The molecule has 0 unspecified atom stereocenters. The summed E-state index contributed by atoms with van der Waals surface area (Å²) in [4.78, 5) is 13.6. The van der Waals surface area contributed by atoms with Gasteiger partial charge in [-0.3, -0.25) is 9.52 Å². The van der Waals surface area contributed by atoms with Crippen molar-refractivity contribution in [2.75, 3.05) is 16.2 Å². The minimum Gasteiger partial charge on any atom is -0.491 e. The first kappa shape index (κ1) is 18.3. The maximum absolute atomic E-state index is 12.6. The SMILES string of the molecule is CC(C)Oc1cccc(NS(=O)(=O)c2ccc(N3CCCC3=O)cc2)c1. The van der Waals surface area contributed by atoms with Gasteiger partial charge in [0.25, 0.3) is 10.0 Å². The van der Waals surface area contributed by atoms with E-state index in [-0.39, 0.29) is 16.9 Å². The minimum absolute atomic E-state index is 0.00250. The molecule has 1 aliphatic heterocycles. The van der Waals surface area contributed by atoms with Crippen molar-refractivity contribution in [3.8, 4) is 5.75 Å². The summed E-state index contributed by atoms with van der Waals surface area (Å²) in [6.07, 6.45) is 1.37. The number of hydrogen-bond donors (Lipinski definition) is 1. The number of ether oxygens (including phenoxy) is 1. The van der Waals surface area contributed by atoms with Crippen LogP contribution in [0.2, 0.25) is 0 Å². The number of sulfonamides is 1. The Morgan fingerprint density at radius 3 is 2.46 bits per heavy atom. The van der Waals surface area contributed by atoms with Crippen LogP contribution in [0.15, 0.2) is 53.4 Å². The van der Waals surface area contributed by atoms with Crippen LogP contribution >= 0.6 is 0 Å². The minimum atomic E-state index is -3.72. The zero-order valence-electron chi connectivity index (χ0n) is 14.8. The van der Waals surface area contributed by atoms with Gasteiger partial charge in [-0.2, -0.15) is 0 Å². The molecule has 1 amide bonds. The van der Waals surface area contributed by atoms with Crippen molar-refractivity contribution in [3.63, 3.8) is 0 Å². The molecule has 3 rings (SSSR count). The zero-order valence-corrected chi connectivity index (χ0v) is 15.6. The molecule has 1 saturated heterocycles. The molecule has 0 spiro atoms. The van der Waals surface area contributed by atoms with E-state index in [0.29, 0.717) is 24.4 Å². The lowest BCUT2D eigenvalue weighted by Gasteiger charge is -2.16. The Kier molecular flexibility index (Phi) is 5.18. The van der Waals surface area contributed by atoms with Gasteiger partial charge < -0.3 is 9.64 Å². The molecule has 0 aromatic heterocycles. The molecule has 0 aliphatic carbocycles. The Hall–Kier alpha value is -2.54. The molecule has 0 radical (unpaired) electrons. The van der Waals surface area contributed by atoms with Gasteiger partial charge in [-0.25, -0.2) is 8.42 Å². The lowest BCUT2D eigenvalue weighted by atomic mass is 10.3. The smallest absolute Gasteiger partial charge is 0.261 e. The molecule has 2 aromatic carbocycles. The summed E-state index contributed by atoms with van der Waals surface area (Å²) >= 11 is 0. The van der Waals surface area contributed by atoms with E-state index in [0.717, 1.165) is 12.1 Å². The molecule has 1 fully saturated rings. The number of carbonyl (C=O) groups is 1. The fourth-order valence-electron chi connectivity index (χ4n) is 2.85. The van der Waals surface area contributed by atoms with Crippen molar-refractivity contribution < 1.29 is 17.9 Å². The standard InChI is InChI=1S/C19H22N2O4S/c1-14(2)25-17-6-3-5-15(13-17)20-26(23,24)18-10-8-16(9-11-18)21-12-4-7-19(21)22/h3,5-6,8-11,13-14,20H,4,7,12H2,1-2H3. The second-order valence-corrected chi connectivity index (χ2v) is 8.13. The second-order valence-electron chi connectivity index (χ2n) is 6.44. The molecule has 1 aliphatic rings. The van der Waals surface area contributed by atoms with E-state index in [1.165, 1.54) is 12.1 Å². The third kappa shape index (κ3) is 4.16. The van der Waals surface area contributed by atoms with Crippen LogP contribution in [0.5, 0.6) is 5.75 Å². The molecular formula is C19H22N2O4S. The van der Waals surface area contributed by atoms with Crippen LogP contribution in [0.4, 0.5) is 11.4 Å². The van der Waals surface area contributed by atoms with Gasteiger partial charge in [0.1, 0.15) is 5.75 Å². The van der Waals surface area contributed by atoms with Crippen molar-refractivity contribution in [3.05, 3.63) is 48.5 Å². The molecule has 26 heavy (non-hydrogen) atoms. The maximum Gasteiger partial charge on any atom is 0.261 e. The fourth-order valence-corrected chi connectivity index (χ4v) is 3.90. The van der Waals surface area contributed by atoms with E-state index < -0.39 is 10.0 Å². The van der Waals surface area contributed by atoms with Crippen LogP contribution < -0.4 is 14.4 Å². The Bertz CT molecular complexity index is 892. The first-order valence-electron chi connectivity index (χ1n) is 8.55. The first-order chi connectivity index (χ1) is 12.3. The number of amides is 1. The number of carbonyl (C=O) groups excluding carboxylic acids is 1. The molecule has 2 aromatic rings. The van der Waals surface area contributed by atoms with Gasteiger partial charge in [-0.1, -0.05) is 6.07 Å². The van der Waals surface area contributed by atoms with Gasteiger partial charge in [-0.05, 0) is 56.7 Å². The van der Waals surface area contributed by atoms with Crippen molar-refractivity contribution in [2.24, 2.45) is 0 Å². The zero-order chi connectivity index (χ0) is 18.7. The Morgan fingerprint density at radius 1 is 1.12 bits per heavy atom. The summed E-state index contributed by atoms with van der Waals surface area (Å²) < 4.78 is 33.3. The lowest BCUT2D eigenvalue weighted by molar-refractivity contribution is -0.117. The summed E-state index contributed by atoms with van der Waals surface area (Å²) in [5.74, 6) is 0.670. The van der Waals surface area contributed by atoms with Crippen LogP contribution in [0.1, 0.15) is 26.7 Å². The van der Waals surface area contributed by atoms with Gasteiger partial charge in [-0.15, -0.1) is 0 Å². The number of nitrogens with one attached hydrogen (secondary N) is 1. The van der Waals surface area contributed by atoms with E-state index in [4.69, 9.17) is 4.74 Å². The monoisotopic (exact) mass is 374 g/mol. The molecular weight excluding hydrogens is 352 g/mol. The van der Waals surface area contributed by atoms with Gasteiger partial charge >= 0.3 is 0 Å². The van der Waals surface area contributed by atoms with E-state index in [1.807, 2.05) is 13.8 Å². The Balaban J connectivity index is 1.77. The number of hydrogen-bond acceptors (Lipinski definition) is 4. The normalized spacial score (nSPS) is 14.7. The average Bonchev–Trinajstić information content (AvgIpc) is 3.00. The summed E-state index contributed by atoms with van der Waals surface area (Å²) in [6, 6.07) is 13.2. The molecule has 1 heterocycles. The molecule has 6 nitrogen and oxygen atoms in total. The summed E-state index contributed by atoms with van der Waals surface area (Å²) in [5, 5.41) is 0. The van der Waals surface area contributed by atoms with Crippen LogP contribution in [-0.4, -0.2) is 27.0 Å². The molecule has 0 bridgehead atoms. The highest BCUT2D eigenvalue weighted by molar-refractivity contribution is 7.92. The predicted molar refractivity (Wildman–Crippen MR) is 101 cm³/mol. The third-order valence-corrected chi connectivity index (χ3v) is 5.39. The second kappa shape index (κ2) is 7.37. The number of benzene rings is 2. The van der Waals surface area contributed by atoms with Crippen molar-refractivity contribution in [1.82, 2.24) is 0 Å². The van der Waals surface area contributed by atoms with Crippen LogP contribution in [0, 0.1) is 0 Å². The number of rotatable bonds is 6. The molecule has 1 N–H and O–H groups in total. The highest BCUT2D eigenvalue weighted by Gasteiger charge is 2.22. The summed E-state index contributed by atoms with van der Waals surface area (Å²) in [5.41, 5.74) is 1.15. The average molecular weight is 374 g/mol. The van der Waals surface area contributed by atoms with E-state index in [1.54, 1.807) is 41.3 Å². The highest BCUT2D eigenvalue weighted by Crippen LogP contribution is 2.25. The summed E-state index contributed by atoms with van der Waals surface area (Å²) in [7, 11) is -3.72. The van der Waals surface area contributed by atoms with Gasteiger partial charge in [0, 0.05) is 24.7 Å². The van der Waals surface area contributed by atoms with Crippen LogP contribution in [0.3, 0.4) is 0 Å². The Morgan fingerprint density at radius 2 is 1.85 bits per heavy atom. The van der Waals surface area contributed by atoms with Crippen molar-refractivity contribution >= 4 is 27.3 Å². The largest absolute Gasteiger partial charge is 0.491 e. The first-order valence-corrected chi connectivity index (χ1v) is 10.0. The van der Waals surface area contributed by atoms with Gasteiger partial charge in [0.05, 0.1) is 16.7 Å². The van der Waals surface area contributed by atoms with E-state index >= 15 is 0 Å². The van der Waals surface area contributed by atoms with Crippen LogP contribution in [-0.2, 0) is 14.8 Å². The quantitative estimate of drug-likeness (QED) is 0.841. The van der Waals surface area contributed by atoms with E-state index in [2.05, 4.69) is 4.72 Å². The molecule has 138 valence electrons. The molecule has 7 heteroatoms. The van der Waals surface area contributed by atoms with Gasteiger partial charge in [0.15, 0.2) is 0 Å². The van der Waals surface area contributed by atoms with Gasteiger partial charge in [0.2, 0.25) is 5.91 Å². The Labute approximate surface area is 153 Å². The fraction of sp³-hybridized carbons (Fsp3) is 0.316. The van der Waals surface area contributed by atoms with E-state index in [9.17, 15) is 13.2 Å². The molecule has 0 saturated carbocycles. The van der Waals surface area contributed by atoms with Crippen molar-refractivity contribution in [1.29, 1.82) is 0 Å². The third-order valence-electron chi connectivity index (χ3n) is 3.99.